The average Bonchev–Trinajstić information content (AvgIpc) is 2.15. The molecule has 5 nitrogen and oxygen atoms in total. The third kappa shape index (κ3) is 1.85. The van der Waals surface area contributed by atoms with E-state index in [0.717, 1.165) is 25.9 Å². The van der Waals surface area contributed by atoms with Gasteiger partial charge in [-0.1, -0.05) is 5.53 Å². The number of nitrogens with zero attached hydrogens (tertiary/aromatic N) is 2. The van der Waals surface area contributed by atoms with Crippen molar-refractivity contribution in [1.29, 1.82) is 0 Å². The molecule has 0 amide bonds. The molecular formula is C4H9N3O2. The lowest BCUT2D eigenvalue weighted by Gasteiger charge is -2.07. The summed E-state index contributed by atoms with van der Waals surface area (Å²) >= 11 is 0. The van der Waals surface area contributed by atoms with Gasteiger partial charge >= 0.3 is 0 Å². The molecule has 1 aliphatic heterocycles. The molecule has 0 aromatic rings. The molecule has 0 spiro atoms. The summed E-state index contributed by atoms with van der Waals surface area (Å²) in [6, 6.07) is 0. The molecule has 0 bridgehead atoms. The fourth-order valence-electron chi connectivity index (χ4n) is 0.933. The number of hydrogen-bond donors (Lipinski definition) is 1. The van der Waals surface area contributed by atoms with Crippen molar-refractivity contribution in [2.24, 2.45) is 0 Å². The Hall–Kier alpha value is -0.840. The number of nitrogens with one attached hydrogen (secondary N) is 1. The second-order valence-electron chi connectivity index (χ2n) is 2.05. The smallest absolute Gasteiger partial charge is 0.173 e. The van der Waals surface area contributed by atoms with Crippen LogP contribution < -0.4 is 5.53 Å². The first kappa shape index (κ1) is 6.28. The Morgan fingerprint density at radius 3 is 2.44 bits per heavy atom. The molecule has 0 saturated carbocycles. The number of hydrogen-bond acceptors (Lipinski definition) is 3. The molecule has 0 aliphatic carbocycles. The van der Waals surface area contributed by atoms with Gasteiger partial charge in [0, 0.05) is 13.1 Å². The van der Waals surface area contributed by atoms with Crippen LogP contribution in [-0.4, -0.2) is 23.1 Å². The van der Waals surface area contributed by atoms with Gasteiger partial charge < -0.3 is 0 Å². The van der Waals surface area contributed by atoms with Crippen molar-refractivity contribution in [3.8, 4) is 0 Å². The molecule has 1 heterocycles. The monoisotopic (exact) mass is 131 g/mol. The summed E-state index contributed by atoms with van der Waals surface area (Å²) in [4.78, 5) is 9.81. The van der Waals surface area contributed by atoms with Gasteiger partial charge in [0.25, 0.3) is 0 Å². The van der Waals surface area contributed by atoms with Crippen molar-refractivity contribution in [2.75, 3.05) is 13.1 Å². The Morgan fingerprint density at radius 1 is 1.44 bits per heavy atom. The lowest BCUT2D eigenvalue weighted by molar-refractivity contribution is -0.577. The van der Waals surface area contributed by atoms with Crippen LogP contribution in [0.15, 0.2) is 0 Å². The minimum Gasteiger partial charge on any atom is -0.234 e. The van der Waals surface area contributed by atoms with E-state index in [1.54, 1.807) is 5.01 Å². The molecule has 0 atom stereocenters. The molecule has 1 fully saturated rings. The van der Waals surface area contributed by atoms with Gasteiger partial charge in [-0.05, 0) is 12.8 Å². The van der Waals surface area contributed by atoms with Crippen LogP contribution in [0.5, 0.6) is 0 Å². The van der Waals surface area contributed by atoms with E-state index in [0.29, 0.717) is 0 Å². The van der Waals surface area contributed by atoms with Gasteiger partial charge in [0.2, 0.25) is 0 Å². The van der Waals surface area contributed by atoms with Gasteiger partial charge in [0.15, 0.2) is 5.03 Å². The number of hydrazine groups is 2. The summed E-state index contributed by atoms with van der Waals surface area (Å²) in [5, 5.41) is 10.9. The summed E-state index contributed by atoms with van der Waals surface area (Å²) in [7, 11) is 0. The van der Waals surface area contributed by atoms with Crippen molar-refractivity contribution in [3.63, 3.8) is 0 Å². The fourth-order valence-corrected chi connectivity index (χ4v) is 0.933. The standard InChI is InChI=1S/C4H9N3O2/c8-7(9)5-6-3-1-2-4-6/h5H,1-4H2. The highest BCUT2D eigenvalue weighted by Crippen LogP contribution is 2.02. The van der Waals surface area contributed by atoms with E-state index in [1.165, 1.54) is 0 Å². The van der Waals surface area contributed by atoms with E-state index in [-0.39, 0.29) is 0 Å². The van der Waals surface area contributed by atoms with Crippen LogP contribution in [-0.2, 0) is 0 Å². The van der Waals surface area contributed by atoms with E-state index in [4.69, 9.17) is 0 Å². The summed E-state index contributed by atoms with van der Waals surface area (Å²) in [5.74, 6) is 0. The van der Waals surface area contributed by atoms with Crippen molar-refractivity contribution in [3.05, 3.63) is 10.1 Å². The highest BCUT2D eigenvalue weighted by molar-refractivity contribution is 4.58. The molecule has 0 radical (unpaired) electrons. The Morgan fingerprint density at radius 2 is 2.00 bits per heavy atom. The largest absolute Gasteiger partial charge is 0.234 e. The minimum atomic E-state index is -0.522. The summed E-state index contributed by atoms with van der Waals surface area (Å²) < 4.78 is 0. The van der Waals surface area contributed by atoms with E-state index in [2.05, 4.69) is 5.53 Å². The maximum Gasteiger partial charge on any atom is 0.173 e. The predicted octanol–water partition coefficient (Wildman–Crippen LogP) is -0.222. The second kappa shape index (κ2) is 2.63. The lowest BCUT2D eigenvalue weighted by atomic mass is 10.4. The summed E-state index contributed by atoms with van der Waals surface area (Å²) in [6.45, 7) is 1.59. The molecule has 0 aromatic heterocycles. The van der Waals surface area contributed by atoms with Crippen molar-refractivity contribution in [1.82, 2.24) is 10.5 Å². The first-order chi connectivity index (χ1) is 4.29. The Kier molecular flexibility index (Phi) is 1.84. The van der Waals surface area contributed by atoms with Crippen LogP contribution in [0.4, 0.5) is 0 Å². The molecule has 1 rings (SSSR count). The normalized spacial score (nSPS) is 20.0. The topological polar surface area (TPSA) is 58.4 Å². The van der Waals surface area contributed by atoms with Gasteiger partial charge in [-0.25, -0.2) is 10.1 Å². The van der Waals surface area contributed by atoms with Crippen LogP contribution in [0.1, 0.15) is 12.8 Å². The zero-order valence-electron chi connectivity index (χ0n) is 5.04. The van der Waals surface area contributed by atoms with E-state index >= 15 is 0 Å². The van der Waals surface area contributed by atoms with Crippen molar-refractivity contribution < 1.29 is 5.03 Å². The zero-order valence-corrected chi connectivity index (χ0v) is 5.04. The lowest BCUT2D eigenvalue weighted by Crippen LogP contribution is -2.39. The molecule has 1 saturated heterocycles. The Bertz CT molecular complexity index is 110. The van der Waals surface area contributed by atoms with Crippen LogP contribution in [0.3, 0.4) is 0 Å². The third-order valence-electron chi connectivity index (χ3n) is 1.33. The van der Waals surface area contributed by atoms with E-state index in [9.17, 15) is 10.1 Å². The first-order valence-corrected chi connectivity index (χ1v) is 2.94. The van der Waals surface area contributed by atoms with Gasteiger partial charge in [-0.15, -0.1) is 0 Å². The quantitative estimate of drug-likeness (QED) is 0.415. The minimum absolute atomic E-state index is 0.522. The molecule has 1 aliphatic rings. The molecular weight excluding hydrogens is 122 g/mol. The van der Waals surface area contributed by atoms with E-state index in [1.807, 2.05) is 0 Å². The van der Waals surface area contributed by atoms with Gasteiger partial charge in [-0.2, -0.15) is 5.01 Å². The van der Waals surface area contributed by atoms with Gasteiger partial charge in [0.1, 0.15) is 0 Å². The maximum absolute atomic E-state index is 9.81. The highest BCUT2D eigenvalue weighted by atomic mass is 16.7. The molecule has 0 aromatic carbocycles. The summed E-state index contributed by atoms with van der Waals surface area (Å²) in [5.41, 5.74) is 2.10. The SMILES string of the molecule is O=[N+]([O-])NN1CCCC1. The Labute approximate surface area is 52.7 Å². The van der Waals surface area contributed by atoms with Crippen LogP contribution in [0.2, 0.25) is 0 Å². The highest BCUT2D eigenvalue weighted by Gasteiger charge is 2.13. The predicted molar refractivity (Wildman–Crippen MR) is 30.9 cm³/mol. The fraction of sp³-hybridized carbons (Fsp3) is 1.00. The third-order valence-corrected chi connectivity index (χ3v) is 1.33. The van der Waals surface area contributed by atoms with Gasteiger partial charge in [0.05, 0.1) is 0 Å². The van der Waals surface area contributed by atoms with Crippen LogP contribution >= 0.6 is 0 Å². The molecule has 1 N–H and O–H groups in total. The molecule has 0 unspecified atom stereocenters. The second-order valence-corrected chi connectivity index (χ2v) is 2.05. The van der Waals surface area contributed by atoms with Crippen molar-refractivity contribution >= 4 is 0 Å². The van der Waals surface area contributed by atoms with Crippen LogP contribution in [0.25, 0.3) is 0 Å². The molecule has 5 heteroatoms. The zero-order chi connectivity index (χ0) is 6.69. The number of nitro groups is 1. The Balaban J connectivity index is 2.19. The molecule has 52 valence electrons. The van der Waals surface area contributed by atoms with E-state index < -0.39 is 5.03 Å². The summed E-state index contributed by atoms with van der Waals surface area (Å²) in [6.07, 6.45) is 2.11. The maximum atomic E-state index is 9.81. The van der Waals surface area contributed by atoms with Crippen molar-refractivity contribution in [2.45, 2.75) is 12.8 Å². The van der Waals surface area contributed by atoms with Gasteiger partial charge in [-0.3, -0.25) is 0 Å². The average molecular weight is 131 g/mol. The first-order valence-electron chi connectivity index (χ1n) is 2.94. The van der Waals surface area contributed by atoms with Crippen LogP contribution in [0, 0.1) is 10.1 Å². The molecule has 9 heavy (non-hydrogen) atoms. The number of rotatable bonds is 2.